The van der Waals surface area contributed by atoms with E-state index in [4.69, 9.17) is 9.47 Å². The minimum atomic E-state index is -0.734. The van der Waals surface area contributed by atoms with Crippen LogP contribution in [0.25, 0.3) is 0 Å². The van der Waals surface area contributed by atoms with Crippen molar-refractivity contribution in [2.24, 2.45) is 5.92 Å². The van der Waals surface area contributed by atoms with Crippen LogP contribution in [0.2, 0.25) is 0 Å². The summed E-state index contributed by atoms with van der Waals surface area (Å²) >= 11 is 0. The van der Waals surface area contributed by atoms with Crippen LogP contribution in [-0.4, -0.2) is 52.5 Å². The van der Waals surface area contributed by atoms with Crippen molar-refractivity contribution in [1.29, 1.82) is 0 Å². The molecule has 0 spiro atoms. The average Bonchev–Trinajstić information content (AvgIpc) is 3.35. The van der Waals surface area contributed by atoms with E-state index < -0.39 is 24.1 Å². The Morgan fingerprint density at radius 2 is 1.50 bits per heavy atom. The maximum Gasteiger partial charge on any atom is 0.411 e. The molecule has 7 nitrogen and oxygen atoms in total. The molecule has 3 aromatic rings. The number of esters is 1. The molecule has 2 fully saturated rings. The van der Waals surface area contributed by atoms with Gasteiger partial charge in [0, 0.05) is 0 Å². The number of rotatable bonds is 11. The van der Waals surface area contributed by atoms with E-state index in [1.807, 2.05) is 92.7 Å². The lowest BCUT2D eigenvalue weighted by atomic mass is 9.84. The summed E-state index contributed by atoms with van der Waals surface area (Å²) in [4.78, 5) is 43.8. The van der Waals surface area contributed by atoms with Gasteiger partial charge in [-0.05, 0) is 41.9 Å². The third kappa shape index (κ3) is 5.88. The van der Waals surface area contributed by atoms with Crippen LogP contribution in [0.3, 0.4) is 0 Å². The fourth-order valence-corrected chi connectivity index (χ4v) is 5.76. The van der Waals surface area contributed by atoms with E-state index >= 15 is 0 Å². The Hall–Kier alpha value is -4.13. The fourth-order valence-electron chi connectivity index (χ4n) is 5.76. The van der Waals surface area contributed by atoms with Crippen molar-refractivity contribution in [2.75, 3.05) is 6.61 Å². The van der Waals surface area contributed by atoms with Gasteiger partial charge in [-0.15, -0.1) is 0 Å². The van der Waals surface area contributed by atoms with Gasteiger partial charge in [-0.2, -0.15) is 0 Å². The molecule has 2 heterocycles. The topological polar surface area (TPSA) is 76.2 Å². The third-order valence-corrected chi connectivity index (χ3v) is 7.72. The molecule has 2 aliphatic heterocycles. The summed E-state index contributed by atoms with van der Waals surface area (Å²) in [5, 5.41) is 0. The molecule has 40 heavy (non-hydrogen) atoms. The number of carbonyl (C=O) groups is 3. The van der Waals surface area contributed by atoms with Gasteiger partial charge in [0.1, 0.15) is 25.3 Å². The molecule has 2 amide bonds. The number of β-lactam (4-membered cyclic amide) rings is 1. The number of benzene rings is 3. The second-order valence-corrected chi connectivity index (χ2v) is 10.9. The van der Waals surface area contributed by atoms with Gasteiger partial charge in [0.2, 0.25) is 5.91 Å². The SMILES string of the molecule is CC(C)C[C@@H](C(=O)OCc1ccccc1)N1C(=O)[C@@H](N2C(=O)OC[C@@H]2c2ccccc2)[C@H]1CCc1ccccc1. The first-order valence-corrected chi connectivity index (χ1v) is 14.0. The Kier molecular flexibility index (Phi) is 8.48. The lowest BCUT2D eigenvalue weighted by molar-refractivity contribution is -0.175. The summed E-state index contributed by atoms with van der Waals surface area (Å²) in [6.45, 7) is 4.39. The molecular formula is C33H36N2O5. The van der Waals surface area contributed by atoms with E-state index in [-0.39, 0.29) is 37.1 Å². The number of hydrogen-bond donors (Lipinski definition) is 0. The van der Waals surface area contributed by atoms with Crippen molar-refractivity contribution >= 4 is 18.0 Å². The molecule has 3 aromatic carbocycles. The predicted molar refractivity (Wildman–Crippen MR) is 151 cm³/mol. The van der Waals surface area contributed by atoms with Crippen LogP contribution >= 0.6 is 0 Å². The summed E-state index contributed by atoms with van der Waals surface area (Å²) in [5.41, 5.74) is 2.94. The average molecular weight is 541 g/mol. The number of likely N-dealkylation sites (tertiary alicyclic amines) is 1. The van der Waals surface area contributed by atoms with Crippen LogP contribution in [0.4, 0.5) is 4.79 Å². The molecule has 208 valence electrons. The summed E-state index contributed by atoms with van der Waals surface area (Å²) in [5.74, 6) is -0.498. The number of cyclic esters (lactones) is 1. The number of nitrogens with zero attached hydrogens (tertiary/aromatic N) is 2. The Morgan fingerprint density at radius 1 is 0.900 bits per heavy atom. The molecule has 5 rings (SSSR count). The largest absolute Gasteiger partial charge is 0.459 e. The molecule has 0 aliphatic carbocycles. The Morgan fingerprint density at radius 3 is 2.12 bits per heavy atom. The maximum absolute atomic E-state index is 14.0. The van der Waals surface area contributed by atoms with Crippen molar-refractivity contribution in [2.45, 2.75) is 63.9 Å². The van der Waals surface area contributed by atoms with E-state index in [2.05, 4.69) is 12.1 Å². The van der Waals surface area contributed by atoms with Gasteiger partial charge in [0.25, 0.3) is 0 Å². The molecule has 4 atom stereocenters. The molecule has 2 aliphatic rings. The monoisotopic (exact) mass is 540 g/mol. The van der Waals surface area contributed by atoms with Crippen LogP contribution in [0.15, 0.2) is 91.0 Å². The van der Waals surface area contributed by atoms with E-state index in [1.165, 1.54) is 0 Å². The number of aryl methyl sites for hydroxylation is 1. The highest BCUT2D eigenvalue weighted by atomic mass is 16.6. The molecule has 7 heteroatoms. The van der Waals surface area contributed by atoms with Crippen LogP contribution < -0.4 is 0 Å². The zero-order valence-electron chi connectivity index (χ0n) is 23.0. The highest BCUT2D eigenvalue weighted by molar-refractivity contribution is 5.96. The Labute approximate surface area is 235 Å². The van der Waals surface area contributed by atoms with Gasteiger partial charge in [-0.3, -0.25) is 9.69 Å². The first-order valence-electron chi connectivity index (χ1n) is 14.0. The summed E-state index contributed by atoms with van der Waals surface area (Å²) in [7, 11) is 0. The van der Waals surface area contributed by atoms with Crippen LogP contribution in [0.1, 0.15) is 49.4 Å². The number of hydrogen-bond acceptors (Lipinski definition) is 5. The van der Waals surface area contributed by atoms with Gasteiger partial charge in [-0.1, -0.05) is 105 Å². The van der Waals surface area contributed by atoms with Gasteiger partial charge in [-0.25, -0.2) is 9.59 Å². The molecule has 0 unspecified atom stereocenters. The highest BCUT2D eigenvalue weighted by Crippen LogP contribution is 2.40. The van der Waals surface area contributed by atoms with Crippen molar-refractivity contribution in [3.05, 3.63) is 108 Å². The van der Waals surface area contributed by atoms with Gasteiger partial charge in [0.15, 0.2) is 0 Å². The van der Waals surface area contributed by atoms with E-state index in [0.717, 1.165) is 16.7 Å². The first kappa shape index (κ1) is 27.4. The third-order valence-electron chi connectivity index (χ3n) is 7.72. The van der Waals surface area contributed by atoms with Crippen LogP contribution in [0.5, 0.6) is 0 Å². The molecule has 0 saturated carbocycles. The van der Waals surface area contributed by atoms with Crippen molar-refractivity contribution in [1.82, 2.24) is 9.80 Å². The fraction of sp³-hybridized carbons (Fsp3) is 0.364. The van der Waals surface area contributed by atoms with Gasteiger partial charge < -0.3 is 14.4 Å². The Bertz CT molecular complexity index is 1300. The van der Waals surface area contributed by atoms with Crippen LogP contribution in [0, 0.1) is 5.92 Å². The smallest absolute Gasteiger partial charge is 0.411 e. The zero-order valence-corrected chi connectivity index (χ0v) is 23.0. The number of ether oxygens (including phenoxy) is 2. The minimum Gasteiger partial charge on any atom is -0.459 e. The van der Waals surface area contributed by atoms with Gasteiger partial charge in [0.05, 0.1) is 12.1 Å². The predicted octanol–water partition coefficient (Wildman–Crippen LogP) is 5.55. The number of amides is 2. The van der Waals surface area contributed by atoms with E-state index in [9.17, 15) is 14.4 Å². The summed E-state index contributed by atoms with van der Waals surface area (Å²) in [6, 6.07) is 27.1. The maximum atomic E-state index is 14.0. The van der Waals surface area contributed by atoms with E-state index in [1.54, 1.807) is 9.80 Å². The lowest BCUT2D eigenvalue weighted by Crippen LogP contribution is -2.74. The first-order chi connectivity index (χ1) is 19.4. The summed E-state index contributed by atoms with van der Waals surface area (Å²) < 4.78 is 11.2. The van der Waals surface area contributed by atoms with Crippen molar-refractivity contribution in [3.8, 4) is 0 Å². The molecule has 0 bridgehead atoms. The zero-order chi connectivity index (χ0) is 28.1. The van der Waals surface area contributed by atoms with Crippen LogP contribution in [-0.2, 0) is 32.1 Å². The molecular weight excluding hydrogens is 504 g/mol. The molecule has 0 aromatic heterocycles. The van der Waals surface area contributed by atoms with E-state index in [0.29, 0.717) is 19.3 Å². The quantitative estimate of drug-likeness (QED) is 0.235. The normalized spacial score (nSPS) is 21.2. The lowest BCUT2D eigenvalue weighted by Gasteiger charge is -2.53. The van der Waals surface area contributed by atoms with Crippen molar-refractivity contribution < 1.29 is 23.9 Å². The van der Waals surface area contributed by atoms with Gasteiger partial charge >= 0.3 is 12.1 Å². The summed E-state index contributed by atoms with van der Waals surface area (Å²) in [6.07, 6.45) is 1.29. The minimum absolute atomic E-state index is 0.142. The Balaban J connectivity index is 1.42. The second kappa shape index (κ2) is 12.4. The molecule has 0 N–H and O–H groups in total. The standard InChI is InChI=1S/C33H36N2O5/c1-23(2)20-28(32(37)39-21-25-14-8-4-9-15-25)34-27(19-18-24-12-6-3-7-13-24)30(31(34)36)35-29(22-40-33(35)38)26-16-10-5-11-17-26/h3-17,23,27-30H,18-22H2,1-2H3/t27-,28+,29-,30+/m1/s1. The molecule has 2 saturated heterocycles. The molecule has 0 radical (unpaired) electrons. The number of carbonyl (C=O) groups excluding carboxylic acids is 3. The second-order valence-electron chi connectivity index (χ2n) is 10.9. The highest BCUT2D eigenvalue weighted by Gasteiger charge is 2.58. The van der Waals surface area contributed by atoms with Crippen molar-refractivity contribution in [3.63, 3.8) is 0 Å².